The molecule has 0 spiro atoms. The number of carbonyl (C=O) groups is 2. The first-order valence-corrected chi connectivity index (χ1v) is 9.27. The van der Waals surface area contributed by atoms with Gasteiger partial charge in [-0.3, -0.25) is 0 Å². The van der Waals surface area contributed by atoms with E-state index in [9.17, 15) is 14.0 Å². The van der Waals surface area contributed by atoms with Crippen molar-refractivity contribution in [3.63, 3.8) is 0 Å². The second kappa shape index (κ2) is 9.05. The van der Waals surface area contributed by atoms with Crippen molar-refractivity contribution in [1.82, 2.24) is 0 Å². The molecule has 28 heavy (non-hydrogen) atoms. The molecule has 0 bridgehead atoms. The van der Waals surface area contributed by atoms with Crippen molar-refractivity contribution in [2.75, 3.05) is 32.5 Å². The van der Waals surface area contributed by atoms with Crippen molar-refractivity contribution >= 4 is 17.6 Å². The predicted octanol–water partition coefficient (Wildman–Crippen LogP) is 2.93. The van der Waals surface area contributed by atoms with Gasteiger partial charge in [-0.2, -0.15) is 0 Å². The number of nitrogens with zero attached hydrogens (tertiary/aromatic N) is 1. The maximum absolute atomic E-state index is 14.7. The molecule has 2 aliphatic rings. The molecule has 8 heteroatoms. The molecular weight excluding hydrogens is 369 g/mol. The molecule has 152 valence electrons. The van der Waals surface area contributed by atoms with Gasteiger partial charge in [-0.15, -0.1) is 0 Å². The molecule has 0 saturated heterocycles. The Bertz CT molecular complexity index is 772. The molecule has 0 atom stereocenters. The van der Waals surface area contributed by atoms with Crippen LogP contribution in [0.5, 0.6) is 5.75 Å². The highest BCUT2D eigenvalue weighted by atomic mass is 19.1. The van der Waals surface area contributed by atoms with Crippen LogP contribution >= 0.6 is 0 Å². The van der Waals surface area contributed by atoms with E-state index in [1.54, 1.807) is 6.07 Å². The van der Waals surface area contributed by atoms with Crippen LogP contribution in [0.25, 0.3) is 0 Å². The van der Waals surface area contributed by atoms with Gasteiger partial charge in [0, 0.05) is 0 Å². The van der Waals surface area contributed by atoms with Crippen molar-refractivity contribution in [1.29, 1.82) is 0 Å². The molecule has 7 nitrogen and oxygen atoms in total. The van der Waals surface area contributed by atoms with Crippen molar-refractivity contribution in [3.8, 4) is 5.75 Å². The lowest BCUT2D eigenvalue weighted by Gasteiger charge is -2.33. The predicted molar refractivity (Wildman–Crippen MR) is 98.3 cm³/mol. The minimum atomic E-state index is -0.739. The second-order valence-electron chi connectivity index (χ2n) is 6.68. The average molecular weight is 393 g/mol. The Morgan fingerprint density at radius 3 is 2.50 bits per heavy atom. The van der Waals surface area contributed by atoms with Crippen LogP contribution in [0.15, 0.2) is 29.5 Å². The normalized spacial score (nSPS) is 18.0. The van der Waals surface area contributed by atoms with E-state index >= 15 is 0 Å². The Kier molecular flexibility index (Phi) is 6.51. The van der Waals surface area contributed by atoms with Crippen molar-refractivity contribution < 1.29 is 32.9 Å². The van der Waals surface area contributed by atoms with Crippen LogP contribution in [0.2, 0.25) is 0 Å². The quantitative estimate of drug-likeness (QED) is 0.712. The summed E-state index contributed by atoms with van der Waals surface area (Å²) in [5, 5.41) is 0. The molecule has 1 aromatic carbocycles. The molecule has 3 rings (SSSR count). The van der Waals surface area contributed by atoms with E-state index in [1.807, 2.05) is 0 Å². The first kappa shape index (κ1) is 20.1. The summed E-state index contributed by atoms with van der Waals surface area (Å²) < 4.78 is 35.7. The fourth-order valence-corrected chi connectivity index (χ4v) is 3.51. The SMILES string of the molecule is COC(=O)C1=C(C(=O)OC)N(c2cccc(F)c2OC2CCCCC2)COC1. The van der Waals surface area contributed by atoms with Gasteiger partial charge in [0.25, 0.3) is 0 Å². The lowest BCUT2D eigenvalue weighted by molar-refractivity contribution is -0.140. The Morgan fingerprint density at radius 1 is 1.11 bits per heavy atom. The summed E-state index contributed by atoms with van der Waals surface area (Å²) in [4.78, 5) is 26.0. The number of anilines is 1. The first-order chi connectivity index (χ1) is 13.6. The van der Waals surface area contributed by atoms with Crippen molar-refractivity contribution in [3.05, 3.63) is 35.3 Å². The highest BCUT2D eigenvalue weighted by Gasteiger charge is 2.34. The summed E-state index contributed by atoms with van der Waals surface area (Å²) in [6, 6.07) is 4.43. The van der Waals surface area contributed by atoms with Crippen LogP contribution in [0.3, 0.4) is 0 Å². The molecule has 0 radical (unpaired) electrons. The lowest BCUT2D eigenvalue weighted by atomic mass is 9.98. The Balaban J connectivity index is 2.04. The van der Waals surface area contributed by atoms with Gasteiger partial charge >= 0.3 is 11.9 Å². The minimum absolute atomic E-state index is 0.00785. The van der Waals surface area contributed by atoms with Crippen molar-refractivity contribution in [2.24, 2.45) is 0 Å². The zero-order chi connectivity index (χ0) is 20.1. The molecule has 0 amide bonds. The maximum atomic E-state index is 14.7. The number of benzene rings is 1. The van der Waals surface area contributed by atoms with Gasteiger partial charge in [0.2, 0.25) is 0 Å². The molecule has 1 aromatic rings. The highest BCUT2D eigenvalue weighted by Crippen LogP contribution is 2.38. The molecule has 1 heterocycles. The van der Waals surface area contributed by atoms with Crippen LogP contribution in [-0.4, -0.2) is 45.6 Å². The van der Waals surface area contributed by atoms with Crippen LogP contribution in [0.4, 0.5) is 10.1 Å². The third-order valence-corrected chi connectivity index (χ3v) is 4.91. The maximum Gasteiger partial charge on any atom is 0.355 e. The topological polar surface area (TPSA) is 74.3 Å². The van der Waals surface area contributed by atoms with E-state index in [0.29, 0.717) is 5.69 Å². The average Bonchev–Trinajstić information content (AvgIpc) is 2.74. The highest BCUT2D eigenvalue weighted by molar-refractivity contribution is 6.03. The minimum Gasteiger partial charge on any atom is -0.485 e. The Labute approximate surface area is 163 Å². The van der Waals surface area contributed by atoms with Crippen LogP contribution < -0.4 is 9.64 Å². The number of para-hydroxylation sites is 1. The van der Waals surface area contributed by atoms with E-state index in [2.05, 4.69) is 0 Å². The fraction of sp³-hybridized carbons (Fsp3) is 0.500. The first-order valence-electron chi connectivity index (χ1n) is 9.27. The summed E-state index contributed by atoms with van der Waals surface area (Å²) in [5.74, 6) is -1.96. The largest absolute Gasteiger partial charge is 0.485 e. The van der Waals surface area contributed by atoms with Gasteiger partial charge in [-0.05, 0) is 37.8 Å². The molecule has 1 aliphatic carbocycles. The van der Waals surface area contributed by atoms with E-state index in [1.165, 1.54) is 31.3 Å². The van der Waals surface area contributed by atoms with Gasteiger partial charge in [-0.25, -0.2) is 14.0 Å². The Hall–Kier alpha value is -2.61. The number of ether oxygens (including phenoxy) is 4. The van der Waals surface area contributed by atoms with E-state index in [-0.39, 0.29) is 36.5 Å². The zero-order valence-electron chi connectivity index (χ0n) is 16.0. The molecule has 0 unspecified atom stereocenters. The van der Waals surface area contributed by atoms with Gasteiger partial charge in [0.1, 0.15) is 12.4 Å². The van der Waals surface area contributed by atoms with E-state index < -0.39 is 17.8 Å². The van der Waals surface area contributed by atoms with E-state index in [4.69, 9.17) is 18.9 Å². The summed E-state index contributed by atoms with van der Waals surface area (Å²) in [5.41, 5.74) is 0.264. The molecule has 0 aromatic heterocycles. The number of esters is 2. The van der Waals surface area contributed by atoms with Gasteiger partial charge in [0.05, 0.1) is 38.2 Å². The van der Waals surface area contributed by atoms with Crippen LogP contribution in [-0.2, 0) is 23.8 Å². The summed E-state index contributed by atoms with van der Waals surface area (Å²) in [6.45, 7) is -0.169. The van der Waals surface area contributed by atoms with Crippen molar-refractivity contribution in [2.45, 2.75) is 38.2 Å². The molecular formula is C20H24FNO6. The van der Waals surface area contributed by atoms with Crippen LogP contribution in [0, 0.1) is 5.82 Å². The van der Waals surface area contributed by atoms with Gasteiger partial charge in [-0.1, -0.05) is 12.5 Å². The second-order valence-corrected chi connectivity index (χ2v) is 6.68. The zero-order valence-corrected chi connectivity index (χ0v) is 16.0. The number of hydrogen-bond acceptors (Lipinski definition) is 7. The number of carbonyl (C=O) groups excluding carboxylic acids is 2. The van der Waals surface area contributed by atoms with E-state index in [0.717, 1.165) is 32.1 Å². The molecule has 0 N–H and O–H groups in total. The molecule has 1 aliphatic heterocycles. The fourth-order valence-electron chi connectivity index (χ4n) is 3.51. The van der Waals surface area contributed by atoms with Gasteiger partial charge in [0.15, 0.2) is 11.6 Å². The third-order valence-electron chi connectivity index (χ3n) is 4.91. The molecule has 1 fully saturated rings. The molecule has 1 saturated carbocycles. The van der Waals surface area contributed by atoms with Gasteiger partial charge < -0.3 is 23.8 Å². The number of halogens is 1. The summed E-state index contributed by atoms with van der Waals surface area (Å²) in [6.07, 6.45) is 4.79. The standard InChI is InChI=1S/C20H24FNO6/c1-25-19(23)14-11-27-12-22(17(14)20(24)26-2)16-10-6-9-15(21)18(16)28-13-7-4-3-5-8-13/h6,9-10,13H,3-5,7-8,11-12H2,1-2H3. The third kappa shape index (κ3) is 4.11. The number of methoxy groups -OCH3 is 2. The lowest BCUT2D eigenvalue weighted by Crippen LogP contribution is -2.39. The smallest absolute Gasteiger partial charge is 0.355 e. The summed E-state index contributed by atoms with van der Waals surface area (Å²) >= 11 is 0. The monoisotopic (exact) mass is 393 g/mol. The van der Waals surface area contributed by atoms with Crippen LogP contribution in [0.1, 0.15) is 32.1 Å². The number of rotatable bonds is 5. The number of hydrogen-bond donors (Lipinski definition) is 0. The Morgan fingerprint density at radius 2 is 1.82 bits per heavy atom. The summed E-state index contributed by atoms with van der Waals surface area (Å²) in [7, 11) is 2.42.